The summed E-state index contributed by atoms with van der Waals surface area (Å²) in [6, 6.07) is 7.33. The van der Waals surface area contributed by atoms with E-state index in [-0.39, 0.29) is 5.75 Å². The molecule has 0 saturated carbocycles. The third kappa shape index (κ3) is 3.17. The number of aromatic nitrogens is 1. The summed E-state index contributed by atoms with van der Waals surface area (Å²) in [5.41, 5.74) is 1.71. The zero-order chi connectivity index (χ0) is 13.1. The molecule has 0 spiro atoms. The summed E-state index contributed by atoms with van der Waals surface area (Å²) < 4.78 is 1.49. The molecule has 0 atom stereocenters. The van der Waals surface area contributed by atoms with Crippen molar-refractivity contribution in [3.63, 3.8) is 0 Å². The topological polar surface area (TPSA) is 45.5 Å². The van der Waals surface area contributed by atoms with Gasteiger partial charge in [-0.1, -0.05) is 22.0 Å². The van der Waals surface area contributed by atoms with Crippen molar-refractivity contribution in [2.45, 2.75) is 6.92 Å². The maximum atomic E-state index is 9.86. The van der Waals surface area contributed by atoms with Crippen LogP contribution in [0.25, 0.3) is 0 Å². The van der Waals surface area contributed by atoms with E-state index in [4.69, 9.17) is 0 Å². The second-order valence-corrected chi connectivity index (χ2v) is 5.55. The number of phenols is 1. The highest BCUT2D eigenvalue weighted by molar-refractivity contribution is 9.11. The van der Waals surface area contributed by atoms with E-state index in [0.717, 1.165) is 10.0 Å². The Morgan fingerprint density at radius 1 is 1.28 bits per heavy atom. The fraction of sp³-hybridized carbons (Fsp3) is 0.0769. The summed E-state index contributed by atoms with van der Waals surface area (Å²) in [6.07, 6.45) is 3.34. The molecule has 2 rings (SSSR count). The number of hydrogen-bond donors (Lipinski definition) is 1. The summed E-state index contributed by atoms with van der Waals surface area (Å²) >= 11 is 6.64. The molecule has 0 amide bonds. The third-order valence-electron chi connectivity index (χ3n) is 2.29. The van der Waals surface area contributed by atoms with Gasteiger partial charge in [-0.2, -0.15) is 0 Å². The number of rotatable bonds is 2. The lowest BCUT2D eigenvalue weighted by atomic mass is 10.2. The highest BCUT2D eigenvalue weighted by Gasteiger charge is 2.05. The molecule has 0 aliphatic carbocycles. The molecule has 0 aliphatic heterocycles. The Bertz CT molecular complexity index is 595. The molecule has 5 heteroatoms. The number of halogens is 2. The molecule has 0 bridgehead atoms. The van der Waals surface area contributed by atoms with E-state index >= 15 is 0 Å². The van der Waals surface area contributed by atoms with Gasteiger partial charge in [0.2, 0.25) is 0 Å². The number of aryl methyl sites for hydroxylation is 1. The van der Waals surface area contributed by atoms with Gasteiger partial charge in [0.05, 0.1) is 4.47 Å². The van der Waals surface area contributed by atoms with Crippen molar-refractivity contribution in [1.82, 2.24) is 4.98 Å². The van der Waals surface area contributed by atoms with Crippen molar-refractivity contribution < 1.29 is 5.11 Å². The van der Waals surface area contributed by atoms with Gasteiger partial charge in [0.1, 0.15) is 5.75 Å². The number of nitrogens with zero attached hydrogens (tertiary/aromatic N) is 2. The van der Waals surface area contributed by atoms with Crippen LogP contribution in [0.5, 0.6) is 5.75 Å². The van der Waals surface area contributed by atoms with Crippen LogP contribution in [0.15, 0.2) is 44.4 Å². The van der Waals surface area contributed by atoms with E-state index < -0.39 is 0 Å². The molecule has 1 aromatic heterocycles. The summed E-state index contributed by atoms with van der Waals surface area (Å²) in [5.74, 6) is 0.769. The highest BCUT2D eigenvalue weighted by atomic mass is 79.9. The fourth-order valence-corrected chi connectivity index (χ4v) is 2.61. The van der Waals surface area contributed by atoms with E-state index in [9.17, 15) is 5.11 Å². The monoisotopic (exact) mass is 368 g/mol. The standard InChI is InChI=1S/C13H10Br2N2O/c1-8-2-3-12(16-6-8)17-7-9-4-10(14)5-11(15)13(9)18/h2-7,18H,1H3/b17-7+. The van der Waals surface area contributed by atoms with Crippen molar-refractivity contribution in [3.8, 4) is 5.75 Å². The van der Waals surface area contributed by atoms with Crippen LogP contribution in [0, 0.1) is 6.92 Å². The van der Waals surface area contributed by atoms with Crippen LogP contribution >= 0.6 is 31.9 Å². The van der Waals surface area contributed by atoms with Crippen LogP contribution in [0.2, 0.25) is 0 Å². The van der Waals surface area contributed by atoms with Crippen molar-refractivity contribution in [2.75, 3.05) is 0 Å². The van der Waals surface area contributed by atoms with Crippen molar-refractivity contribution in [3.05, 3.63) is 50.5 Å². The lowest BCUT2D eigenvalue weighted by molar-refractivity contribution is 0.471. The number of aliphatic imine (C=N–C) groups is 1. The minimum Gasteiger partial charge on any atom is -0.506 e. The van der Waals surface area contributed by atoms with Gasteiger partial charge in [-0.3, -0.25) is 0 Å². The van der Waals surface area contributed by atoms with Gasteiger partial charge in [-0.15, -0.1) is 0 Å². The average Bonchev–Trinajstić information content (AvgIpc) is 2.34. The van der Waals surface area contributed by atoms with Crippen LogP contribution < -0.4 is 0 Å². The Hall–Kier alpha value is -1.20. The number of hydrogen-bond acceptors (Lipinski definition) is 3. The highest BCUT2D eigenvalue weighted by Crippen LogP contribution is 2.30. The Kier molecular flexibility index (Phi) is 4.14. The normalized spacial score (nSPS) is 11.1. The van der Waals surface area contributed by atoms with E-state index in [1.165, 1.54) is 0 Å². The van der Waals surface area contributed by atoms with Crippen LogP contribution in [0.3, 0.4) is 0 Å². The number of phenolic OH excluding ortho intramolecular Hbond substituents is 1. The smallest absolute Gasteiger partial charge is 0.151 e. The predicted molar refractivity (Wildman–Crippen MR) is 79.7 cm³/mol. The largest absolute Gasteiger partial charge is 0.506 e. The van der Waals surface area contributed by atoms with E-state index in [0.29, 0.717) is 15.9 Å². The van der Waals surface area contributed by atoms with Crippen LogP contribution in [0.4, 0.5) is 5.82 Å². The lowest BCUT2D eigenvalue weighted by Crippen LogP contribution is -1.85. The van der Waals surface area contributed by atoms with E-state index in [1.54, 1.807) is 24.5 Å². The number of benzene rings is 1. The first-order valence-electron chi connectivity index (χ1n) is 5.21. The second kappa shape index (κ2) is 5.63. The second-order valence-electron chi connectivity index (χ2n) is 3.78. The Labute approximate surface area is 122 Å². The molecule has 3 nitrogen and oxygen atoms in total. The first-order chi connectivity index (χ1) is 8.56. The van der Waals surface area contributed by atoms with Crippen LogP contribution in [-0.2, 0) is 0 Å². The zero-order valence-corrected chi connectivity index (χ0v) is 12.7. The SMILES string of the molecule is Cc1ccc(/N=C/c2cc(Br)cc(Br)c2O)nc1. The number of aromatic hydroxyl groups is 1. The first kappa shape index (κ1) is 13.2. The van der Waals surface area contributed by atoms with Gasteiger partial charge in [0.15, 0.2) is 5.82 Å². The van der Waals surface area contributed by atoms with Gasteiger partial charge >= 0.3 is 0 Å². The molecule has 2 aromatic rings. The van der Waals surface area contributed by atoms with E-state index in [2.05, 4.69) is 41.8 Å². The van der Waals surface area contributed by atoms with Crippen LogP contribution in [0.1, 0.15) is 11.1 Å². The third-order valence-corrected chi connectivity index (χ3v) is 3.35. The zero-order valence-electron chi connectivity index (χ0n) is 9.56. The molecule has 92 valence electrons. The number of pyridine rings is 1. The van der Waals surface area contributed by atoms with Gasteiger partial charge in [0, 0.05) is 22.4 Å². The summed E-state index contributed by atoms with van der Waals surface area (Å²) in [4.78, 5) is 8.39. The molecule has 0 aliphatic rings. The van der Waals surface area contributed by atoms with Crippen LogP contribution in [-0.4, -0.2) is 16.3 Å². The minimum absolute atomic E-state index is 0.161. The van der Waals surface area contributed by atoms with Crippen molar-refractivity contribution in [2.24, 2.45) is 4.99 Å². The van der Waals surface area contributed by atoms with Gasteiger partial charge in [-0.25, -0.2) is 9.98 Å². The molecule has 1 heterocycles. The molecule has 0 radical (unpaired) electrons. The molecule has 0 saturated heterocycles. The molecule has 1 N–H and O–H groups in total. The molecule has 1 aromatic carbocycles. The quantitative estimate of drug-likeness (QED) is 0.798. The van der Waals surface area contributed by atoms with Gasteiger partial charge in [-0.05, 0) is 46.6 Å². The Balaban J connectivity index is 2.31. The first-order valence-corrected chi connectivity index (χ1v) is 6.79. The van der Waals surface area contributed by atoms with Gasteiger partial charge in [0.25, 0.3) is 0 Å². The molecular weight excluding hydrogens is 360 g/mol. The van der Waals surface area contributed by atoms with E-state index in [1.807, 2.05) is 19.1 Å². The summed E-state index contributed by atoms with van der Waals surface area (Å²) in [5, 5.41) is 9.86. The Morgan fingerprint density at radius 3 is 2.72 bits per heavy atom. The maximum absolute atomic E-state index is 9.86. The maximum Gasteiger partial charge on any atom is 0.151 e. The molecule has 0 unspecified atom stereocenters. The summed E-state index contributed by atoms with van der Waals surface area (Å²) in [7, 11) is 0. The molecule has 18 heavy (non-hydrogen) atoms. The summed E-state index contributed by atoms with van der Waals surface area (Å²) in [6.45, 7) is 1.97. The Morgan fingerprint density at radius 2 is 2.06 bits per heavy atom. The molecular formula is C13H10Br2N2O. The van der Waals surface area contributed by atoms with Gasteiger partial charge < -0.3 is 5.11 Å². The minimum atomic E-state index is 0.161. The van der Waals surface area contributed by atoms with Crippen molar-refractivity contribution in [1.29, 1.82) is 0 Å². The lowest BCUT2D eigenvalue weighted by Gasteiger charge is -2.02. The van der Waals surface area contributed by atoms with Crippen molar-refractivity contribution >= 4 is 43.9 Å². The predicted octanol–water partition coefficient (Wildman–Crippen LogP) is 4.37. The average molecular weight is 370 g/mol. The fourth-order valence-electron chi connectivity index (χ4n) is 1.36. The molecule has 0 fully saturated rings.